The van der Waals surface area contributed by atoms with Gasteiger partial charge in [0.2, 0.25) is 0 Å². The number of thioether (sulfide) groups is 1. The number of benzene rings is 1. The molecule has 0 aromatic heterocycles. The van der Waals surface area contributed by atoms with Crippen LogP contribution in [0.2, 0.25) is 0 Å². The van der Waals surface area contributed by atoms with Gasteiger partial charge >= 0.3 is 6.18 Å². The zero-order chi connectivity index (χ0) is 13.6. The van der Waals surface area contributed by atoms with E-state index in [1.165, 1.54) is 12.1 Å². The third-order valence-corrected chi connectivity index (χ3v) is 3.46. The van der Waals surface area contributed by atoms with Crippen LogP contribution >= 0.6 is 11.8 Å². The number of alkyl halides is 3. The van der Waals surface area contributed by atoms with E-state index in [-0.39, 0.29) is 11.6 Å². The van der Waals surface area contributed by atoms with Gasteiger partial charge < -0.3 is 0 Å². The Bertz CT molecular complexity index is 340. The minimum absolute atomic E-state index is 0.133. The summed E-state index contributed by atoms with van der Waals surface area (Å²) in [4.78, 5) is 0. The molecular weight excluding hydrogens is 259 g/mol. The minimum Gasteiger partial charge on any atom is -0.299 e. The third kappa shape index (κ3) is 4.53. The summed E-state index contributed by atoms with van der Waals surface area (Å²) in [5.74, 6) is 0.677. The molecule has 0 aliphatic rings. The van der Waals surface area contributed by atoms with Gasteiger partial charge in [0.1, 0.15) is 6.04 Å². The zero-order valence-corrected chi connectivity index (χ0v) is 11.3. The van der Waals surface area contributed by atoms with Crippen molar-refractivity contribution < 1.29 is 13.2 Å². The summed E-state index contributed by atoms with van der Waals surface area (Å²) in [5, 5.41) is 2.72. The fraction of sp³-hybridized carbons (Fsp3) is 0.538. The summed E-state index contributed by atoms with van der Waals surface area (Å²) in [6.07, 6.45) is -1.69. The highest BCUT2D eigenvalue weighted by atomic mass is 32.2. The van der Waals surface area contributed by atoms with E-state index in [1.807, 2.05) is 13.2 Å². The van der Waals surface area contributed by atoms with Crippen LogP contribution in [0.3, 0.4) is 0 Å². The standard InChI is InChI=1S/C13H18F3NS/c1-3-11(9-18-2)17-12(13(14,15)16)10-7-5-4-6-8-10/h4-8,11-12,17H,3,9H2,1-2H3. The second-order valence-corrected chi connectivity index (χ2v) is 5.02. The van der Waals surface area contributed by atoms with Gasteiger partial charge in [-0.3, -0.25) is 5.32 Å². The van der Waals surface area contributed by atoms with Gasteiger partial charge in [-0.25, -0.2) is 0 Å². The number of nitrogens with one attached hydrogen (secondary N) is 1. The van der Waals surface area contributed by atoms with E-state index in [1.54, 1.807) is 30.0 Å². The van der Waals surface area contributed by atoms with Gasteiger partial charge in [-0.05, 0) is 18.2 Å². The monoisotopic (exact) mass is 277 g/mol. The molecule has 0 radical (unpaired) electrons. The predicted octanol–water partition coefficient (Wildman–Crippen LogP) is 4.02. The molecule has 1 aromatic rings. The van der Waals surface area contributed by atoms with Crippen LogP contribution < -0.4 is 5.32 Å². The highest BCUT2D eigenvalue weighted by molar-refractivity contribution is 7.98. The van der Waals surface area contributed by atoms with Gasteiger partial charge in [-0.1, -0.05) is 37.3 Å². The van der Waals surface area contributed by atoms with Crippen molar-refractivity contribution in [2.24, 2.45) is 0 Å². The fourth-order valence-corrected chi connectivity index (χ4v) is 2.48. The molecule has 102 valence electrons. The van der Waals surface area contributed by atoms with Crippen molar-refractivity contribution in [2.75, 3.05) is 12.0 Å². The Hall–Kier alpha value is -0.680. The average molecular weight is 277 g/mol. The molecule has 18 heavy (non-hydrogen) atoms. The summed E-state index contributed by atoms with van der Waals surface area (Å²) in [7, 11) is 0. The largest absolute Gasteiger partial charge is 0.407 e. The minimum atomic E-state index is -4.27. The first kappa shape index (κ1) is 15.4. The Morgan fingerprint density at radius 3 is 2.28 bits per heavy atom. The lowest BCUT2D eigenvalue weighted by Gasteiger charge is -2.27. The van der Waals surface area contributed by atoms with E-state index in [0.29, 0.717) is 12.2 Å². The van der Waals surface area contributed by atoms with Crippen molar-refractivity contribution in [3.63, 3.8) is 0 Å². The number of halogens is 3. The van der Waals surface area contributed by atoms with Crippen LogP contribution in [0.5, 0.6) is 0 Å². The lowest BCUT2D eigenvalue weighted by atomic mass is 10.1. The third-order valence-electron chi connectivity index (χ3n) is 2.72. The molecule has 1 nitrogen and oxygen atoms in total. The fourth-order valence-electron chi connectivity index (χ4n) is 1.75. The summed E-state index contributed by atoms with van der Waals surface area (Å²) < 4.78 is 39.2. The Morgan fingerprint density at radius 2 is 1.83 bits per heavy atom. The maximum Gasteiger partial charge on any atom is 0.407 e. The molecule has 0 heterocycles. The molecule has 0 fully saturated rings. The SMILES string of the molecule is CCC(CSC)NC(c1ccccc1)C(F)(F)F. The summed E-state index contributed by atoms with van der Waals surface area (Å²) in [5.41, 5.74) is 0.268. The van der Waals surface area contributed by atoms with Crippen LogP contribution in [0, 0.1) is 0 Å². The molecule has 0 saturated carbocycles. The molecule has 1 N–H and O–H groups in total. The number of rotatable bonds is 6. The number of hydrogen-bond donors (Lipinski definition) is 1. The molecule has 0 spiro atoms. The predicted molar refractivity (Wildman–Crippen MR) is 70.8 cm³/mol. The van der Waals surface area contributed by atoms with Crippen LogP contribution in [0.25, 0.3) is 0 Å². The second kappa shape index (κ2) is 7.04. The molecular formula is C13H18F3NS. The average Bonchev–Trinajstić information content (AvgIpc) is 2.34. The number of hydrogen-bond acceptors (Lipinski definition) is 2. The smallest absolute Gasteiger partial charge is 0.299 e. The highest BCUT2D eigenvalue weighted by Crippen LogP contribution is 2.33. The first-order chi connectivity index (χ1) is 8.49. The van der Waals surface area contributed by atoms with Crippen molar-refractivity contribution in [2.45, 2.75) is 31.6 Å². The molecule has 0 saturated heterocycles. The maximum absolute atomic E-state index is 13.1. The van der Waals surface area contributed by atoms with E-state index in [9.17, 15) is 13.2 Å². The van der Waals surface area contributed by atoms with E-state index in [2.05, 4.69) is 5.32 Å². The topological polar surface area (TPSA) is 12.0 Å². The van der Waals surface area contributed by atoms with Crippen molar-refractivity contribution in [3.05, 3.63) is 35.9 Å². The maximum atomic E-state index is 13.1. The van der Waals surface area contributed by atoms with Crippen molar-refractivity contribution in [3.8, 4) is 0 Å². The van der Waals surface area contributed by atoms with E-state index >= 15 is 0 Å². The summed E-state index contributed by atoms with van der Waals surface area (Å²) in [6.45, 7) is 1.90. The van der Waals surface area contributed by atoms with Crippen LogP contribution in [0.1, 0.15) is 24.9 Å². The molecule has 0 bridgehead atoms. The first-order valence-corrected chi connectivity index (χ1v) is 7.25. The van der Waals surface area contributed by atoms with E-state index in [4.69, 9.17) is 0 Å². The highest BCUT2D eigenvalue weighted by Gasteiger charge is 2.41. The zero-order valence-electron chi connectivity index (χ0n) is 10.5. The molecule has 1 rings (SSSR count). The Labute approximate surface area is 110 Å². The van der Waals surface area contributed by atoms with Crippen LogP contribution in [0.15, 0.2) is 30.3 Å². The normalized spacial score (nSPS) is 15.4. The summed E-state index contributed by atoms with van der Waals surface area (Å²) in [6, 6.07) is 6.28. The van der Waals surface area contributed by atoms with Crippen molar-refractivity contribution in [1.29, 1.82) is 0 Å². The molecule has 0 aliphatic carbocycles. The Morgan fingerprint density at radius 1 is 1.22 bits per heavy atom. The summed E-state index contributed by atoms with van der Waals surface area (Å²) >= 11 is 1.55. The van der Waals surface area contributed by atoms with Crippen LogP contribution in [0.4, 0.5) is 13.2 Å². The van der Waals surface area contributed by atoms with Gasteiger partial charge in [0.25, 0.3) is 0 Å². The Balaban J connectivity index is 2.86. The quantitative estimate of drug-likeness (QED) is 0.843. The Kier molecular flexibility index (Phi) is 6.02. The van der Waals surface area contributed by atoms with Gasteiger partial charge in [0, 0.05) is 11.8 Å². The van der Waals surface area contributed by atoms with Crippen molar-refractivity contribution >= 4 is 11.8 Å². The molecule has 0 aliphatic heterocycles. The lowest BCUT2D eigenvalue weighted by molar-refractivity contribution is -0.159. The van der Waals surface area contributed by atoms with Crippen molar-refractivity contribution in [1.82, 2.24) is 5.32 Å². The van der Waals surface area contributed by atoms with Crippen LogP contribution in [-0.2, 0) is 0 Å². The van der Waals surface area contributed by atoms with Gasteiger partial charge in [-0.2, -0.15) is 24.9 Å². The lowest BCUT2D eigenvalue weighted by Crippen LogP contribution is -2.41. The molecule has 5 heteroatoms. The van der Waals surface area contributed by atoms with Gasteiger partial charge in [0.15, 0.2) is 0 Å². The van der Waals surface area contributed by atoms with Crippen LogP contribution in [-0.4, -0.2) is 24.2 Å². The molecule has 1 aromatic carbocycles. The van der Waals surface area contributed by atoms with E-state index < -0.39 is 12.2 Å². The van der Waals surface area contributed by atoms with E-state index in [0.717, 1.165) is 0 Å². The van der Waals surface area contributed by atoms with Gasteiger partial charge in [0.05, 0.1) is 0 Å². The molecule has 2 unspecified atom stereocenters. The second-order valence-electron chi connectivity index (χ2n) is 4.11. The van der Waals surface area contributed by atoms with Gasteiger partial charge in [-0.15, -0.1) is 0 Å². The molecule has 2 atom stereocenters. The first-order valence-electron chi connectivity index (χ1n) is 5.85. The molecule has 0 amide bonds.